The van der Waals surface area contributed by atoms with Crippen LogP contribution < -0.4 is 11.1 Å². The third-order valence-corrected chi connectivity index (χ3v) is 3.83. The fourth-order valence-electron chi connectivity index (χ4n) is 2.29. The second-order valence-electron chi connectivity index (χ2n) is 4.65. The van der Waals surface area contributed by atoms with Gasteiger partial charge in [0.2, 0.25) is 5.82 Å². The van der Waals surface area contributed by atoms with E-state index in [1.165, 1.54) is 23.5 Å². The number of nitrogens with one attached hydrogen (secondary N) is 2. The van der Waals surface area contributed by atoms with Gasteiger partial charge in [-0.2, -0.15) is 29.7 Å². The number of hydrogen-bond donors (Lipinski definition) is 3. The summed E-state index contributed by atoms with van der Waals surface area (Å²) in [5.41, 5.74) is 3.84. The average molecular weight is 354 g/mol. The van der Waals surface area contributed by atoms with Crippen LogP contribution in [0.4, 0.5) is 23.7 Å². The van der Waals surface area contributed by atoms with Crippen molar-refractivity contribution in [2.75, 3.05) is 5.32 Å². The molecule has 0 aliphatic carbocycles. The largest absolute Gasteiger partial charge is 0.417 e. The zero-order chi connectivity index (χ0) is 17.3. The lowest BCUT2D eigenvalue weighted by molar-refractivity contribution is -0.136. The van der Waals surface area contributed by atoms with Crippen LogP contribution in [-0.4, -0.2) is 26.7 Å². The van der Waals surface area contributed by atoms with Crippen LogP contribution in [0.1, 0.15) is 5.56 Å². The molecule has 3 aromatic rings. The first-order valence-electron chi connectivity index (χ1n) is 6.45. The molecule has 3 rings (SSSR count). The van der Waals surface area contributed by atoms with Gasteiger partial charge in [-0.3, -0.25) is 0 Å². The standard InChI is InChI=1S/C13H9F3N6OS/c14-13(15,16)10-7(6-3-4-24-5-6)1-2-8(18-12(17)23)9(10)11-19-21-22-20-11/h1-5H,(H3,17,18,23)(H,19,20,21,22). The molecule has 24 heavy (non-hydrogen) atoms. The third-order valence-electron chi connectivity index (χ3n) is 3.15. The maximum atomic E-state index is 13.8. The van der Waals surface area contributed by atoms with Crippen LogP contribution in [-0.2, 0) is 6.18 Å². The molecule has 124 valence electrons. The zero-order valence-corrected chi connectivity index (χ0v) is 12.6. The molecule has 0 saturated heterocycles. The Bertz CT molecular complexity index is 861. The van der Waals surface area contributed by atoms with Crippen molar-refractivity contribution in [2.45, 2.75) is 6.18 Å². The van der Waals surface area contributed by atoms with Gasteiger partial charge in [-0.15, -0.1) is 10.2 Å². The molecule has 2 heterocycles. The van der Waals surface area contributed by atoms with Gasteiger partial charge in [-0.1, -0.05) is 6.07 Å². The Balaban J connectivity index is 2.35. The Morgan fingerprint density at radius 2 is 2.08 bits per heavy atom. The van der Waals surface area contributed by atoms with Crippen LogP contribution in [0.25, 0.3) is 22.5 Å². The quantitative estimate of drug-likeness (QED) is 0.671. The van der Waals surface area contributed by atoms with Crippen LogP contribution in [0, 0.1) is 0 Å². The smallest absolute Gasteiger partial charge is 0.351 e. The number of halogens is 3. The van der Waals surface area contributed by atoms with E-state index in [0.29, 0.717) is 5.56 Å². The van der Waals surface area contributed by atoms with Gasteiger partial charge in [0, 0.05) is 0 Å². The van der Waals surface area contributed by atoms with Crippen molar-refractivity contribution in [3.8, 4) is 22.5 Å². The van der Waals surface area contributed by atoms with E-state index in [-0.39, 0.29) is 17.1 Å². The number of carbonyl (C=O) groups excluding carboxylic acids is 1. The number of rotatable bonds is 3. The van der Waals surface area contributed by atoms with Gasteiger partial charge in [-0.25, -0.2) is 4.79 Å². The van der Waals surface area contributed by atoms with E-state index in [4.69, 9.17) is 5.73 Å². The Kier molecular flexibility index (Phi) is 3.93. The van der Waals surface area contributed by atoms with Crippen molar-refractivity contribution in [2.24, 2.45) is 5.73 Å². The second-order valence-corrected chi connectivity index (χ2v) is 5.43. The van der Waals surface area contributed by atoms with Crippen LogP contribution >= 0.6 is 11.3 Å². The number of nitrogens with two attached hydrogens (primary N) is 1. The topological polar surface area (TPSA) is 110 Å². The van der Waals surface area contributed by atoms with Gasteiger partial charge in [0.1, 0.15) is 0 Å². The number of tetrazole rings is 1. The molecule has 2 amide bonds. The number of alkyl halides is 3. The minimum Gasteiger partial charge on any atom is -0.351 e. The average Bonchev–Trinajstić information content (AvgIpc) is 3.19. The second kappa shape index (κ2) is 5.92. The molecule has 0 radical (unpaired) electrons. The maximum Gasteiger partial charge on any atom is 0.417 e. The first-order chi connectivity index (χ1) is 11.4. The highest BCUT2D eigenvalue weighted by molar-refractivity contribution is 7.08. The summed E-state index contributed by atoms with van der Waals surface area (Å²) in [6, 6.07) is 3.14. The van der Waals surface area contributed by atoms with Crippen molar-refractivity contribution in [3.05, 3.63) is 34.5 Å². The van der Waals surface area contributed by atoms with Crippen molar-refractivity contribution >= 4 is 23.1 Å². The SMILES string of the molecule is NC(=O)Nc1ccc(-c2ccsc2)c(C(F)(F)F)c1-c1nn[nH]n1. The number of hydrogen-bond acceptors (Lipinski definition) is 5. The molecule has 4 N–H and O–H groups in total. The van der Waals surface area contributed by atoms with Crippen molar-refractivity contribution < 1.29 is 18.0 Å². The number of carbonyl (C=O) groups is 1. The Morgan fingerprint density at radius 3 is 2.62 bits per heavy atom. The van der Waals surface area contributed by atoms with Crippen molar-refractivity contribution in [1.29, 1.82) is 0 Å². The minimum atomic E-state index is -4.72. The molecule has 0 saturated carbocycles. The monoisotopic (exact) mass is 354 g/mol. The lowest BCUT2D eigenvalue weighted by Gasteiger charge is -2.18. The molecule has 2 aromatic heterocycles. The molecule has 0 fully saturated rings. The summed E-state index contributed by atoms with van der Waals surface area (Å²) in [7, 11) is 0. The zero-order valence-electron chi connectivity index (χ0n) is 11.8. The van der Waals surface area contributed by atoms with Crippen molar-refractivity contribution in [3.63, 3.8) is 0 Å². The summed E-state index contributed by atoms with van der Waals surface area (Å²) >= 11 is 1.27. The van der Waals surface area contributed by atoms with Gasteiger partial charge < -0.3 is 11.1 Å². The van der Waals surface area contributed by atoms with Crippen LogP contribution in [0.2, 0.25) is 0 Å². The molecular formula is C13H9F3N6OS. The lowest BCUT2D eigenvalue weighted by Crippen LogP contribution is -2.21. The summed E-state index contributed by atoms with van der Waals surface area (Å²) in [4.78, 5) is 11.1. The molecular weight excluding hydrogens is 345 g/mol. The number of aromatic amines is 1. The molecule has 0 unspecified atom stereocenters. The van der Waals surface area contributed by atoms with Crippen LogP contribution in [0.15, 0.2) is 29.0 Å². The minimum absolute atomic E-state index is 0.0569. The van der Waals surface area contributed by atoms with Gasteiger partial charge in [0.15, 0.2) is 0 Å². The number of amides is 2. The molecule has 0 atom stereocenters. The first-order valence-corrected chi connectivity index (χ1v) is 7.39. The molecule has 11 heteroatoms. The number of thiophene rings is 1. The van der Waals surface area contributed by atoms with Gasteiger partial charge in [0.05, 0.1) is 16.8 Å². The molecule has 0 bridgehead atoms. The Labute approximate surface area is 136 Å². The molecule has 0 aliphatic rings. The third kappa shape index (κ3) is 2.93. The predicted octanol–water partition coefficient (Wildman–Crippen LogP) is 3.10. The van der Waals surface area contributed by atoms with Crippen LogP contribution in [0.5, 0.6) is 0 Å². The Hall–Kier alpha value is -2.95. The molecule has 1 aromatic carbocycles. The maximum absolute atomic E-state index is 13.8. The summed E-state index contributed by atoms with van der Waals surface area (Å²) in [6.07, 6.45) is -4.72. The molecule has 0 spiro atoms. The van der Waals surface area contributed by atoms with Gasteiger partial charge in [-0.05, 0) is 39.2 Å². The highest BCUT2D eigenvalue weighted by Crippen LogP contribution is 2.45. The van der Waals surface area contributed by atoms with E-state index in [1.807, 2.05) is 0 Å². The van der Waals surface area contributed by atoms with E-state index in [9.17, 15) is 18.0 Å². The fourth-order valence-corrected chi connectivity index (χ4v) is 2.95. The van der Waals surface area contributed by atoms with E-state index in [2.05, 4.69) is 25.9 Å². The number of aromatic nitrogens is 4. The fraction of sp³-hybridized carbons (Fsp3) is 0.0769. The highest BCUT2D eigenvalue weighted by atomic mass is 32.1. The first kappa shape index (κ1) is 15.9. The van der Waals surface area contributed by atoms with E-state index in [1.54, 1.807) is 16.8 Å². The van der Waals surface area contributed by atoms with E-state index >= 15 is 0 Å². The summed E-state index contributed by atoms with van der Waals surface area (Å²) < 4.78 is 41.4. The number of primary amides is 1. The number of H-pyrrole nitrogens is 1. The van der Waals surface area contributed by atoms with Gasteiger partial charge in [0.25, 0.3) is 0 Å². The van der Waals surface area contributed by atoms with E-state index < -0.39 is 23.3 Å². The number of nitrogens with zero attached hydrogens (tertiary/aromatic N) is 3. The number of benzene rings is 1. The van der Waals surface area contributed by atoms with Gasteiger partial charge >= 0.3 is 12.2 Å². The highest BCUT2D eigenvalue weighted by Gasteiger charge is 2.39. The Morgan fingerprint density at radius 1 is 1.29 bits per heavy atom. The lowest BCUT2D eigenvalue weighted by atomic mass is 9.94. The van der Waals surface area contributed by atoms with Crippen LogP contribution in [0.3, 0.4) is 0 Å². The summed E-state index contributed by atoms with van der Waals surface area (Å²) in [6.45, 7) is 0. The summed E-state index contributed by atoms with van der Waals surface area (Å²) in [5.74, 6) is -0.303. The molecule has 0 aliphatic heterocycles. The molecule has 7 nitrogen and oxygen atoms in total. The normalized spacial score (nSPS) is 11.5. The summed E-state index contributed by atoms with van der Waals surface area (Å²) in [5, 5.41) is 18.0. The number of anilines is 1. The predicted molar refractivity (Wildman–Crippen MR) is 81.1 cm³/mol. The van der Waals surface area contributed by atoms with E-state index in [0.717, 1.165) is 0 Å². The van der Waals surface area contributed by atoms with Crippen molar-refractivity contribution in [1.82, 2.24) is 20.6 Å². The number of urea groups is 1.